The maximum atomic E-state index is 12.5. The molecule has 2 aromatic rings. The third-order valence-electron chi connectivity index (χ3n) is 5.18. The van der Waals surface area contributed by atoms with Crippen molar-refractivity contribution < 1.29 is 43.8 Å². The van der Waals surface area contributed by atoms with E-state index in [0.29, 0.717) is 17.9 Å². The lowest BCUT2D eigenvalue weighted by atomic mass is 9.98. The van der Waals surface area contributed by atoms with Crippen molar-refractivity contribution in [1.82, 2.24) is 0 Å². The number of aliphatic hydroxyl groups excluding tert-OH is 2. The van der Waals surface area contributed by atoms with Gasteiger partial charge in [-0.3, -0.25) is 0 Å². The second-order valence-electron chi connectivity index (χ2n) is 7.41. The molecule has 9 heteroatoms. The summed E-state index contributed by atoms with van der Waals surface area (Å²) < 4.78 is 27.8. The van der Waals surface area contributed by atoms with Gasteiger partial charge in [0.25, 0.3) is 0 Å². The van der Waals surface area contributed by atoms with Gasteiger partial charge < -0.3 is 39.0 Å². The number of carbonyl (C=O) groups is 1. The number of ether oxygens (including phenoxy) is 5. The van der Waals surface area contributed by atoms with Gasteiger partial charge in [-0.1, -0.05) is 24.8 Å². The van der Waals surface area contributed by atoms with Crippen LogP contribution in [0.3, 0.4) is 0 Å². The van der Waals surface area contributed by atoms with Crippen LogP contribution in [0.15, 0.2) is 61.2 Å². The minimum absolute atomic E-state index is 0.0450. The standard InChI is InChI=1S/C23H24O9/c1-2-11-28-16-9-5-13(6-10-16)21(27)32-23-19(26)18(25)20-17(30-23)12-29-22(31-20)14-3-7-15(24)8-4-14/h2-10,17-20,22-26H,1,11-12H2/t17-,18-,19-,20-,22-,23+/m1/s1. The van der Waals surface area contributed by atoms with Crippen molar-refractivity contribution in [2.75, 3.05) is 13.2 Å². The minimum atomic E-state index is -1.52. The van der Waals surface area contributed by atoms with E-state index in [9.17, 15) is 20.1 Å². The Morgan fingerprint density at radius 3 is 2.47 bits per heavy atom. The van der Waals surface area contributed by atoms with E-state index in [2.05, 4.69) is 6.58 Å². The molecule has 9 nitrogen and oxygen atoms in total. The van der Waals surface area contributed by atoms with E-state index in [1.54, 1.807) is 30.3 Å². The highest BCUT2D eigenvalue weighted by Crippen LogP contribution is 2.35. The molecule has 6 atom stereocenters. The predicted molar refractivity (Wildman–Crippen MR) is 110 cm³/mol. The molecular weight excluding hydrogens is 420 g/mol. The molecule has 0 spiro atoms. The molecular formula is C23H24O9. The molecule has 0 saturated carbocycles. The number of benzene rings is 2. The first-order valence-electron chi connectivity index (χ1n) is 10.1. The smallest absolute Gasteiger partial charge is 0.340 e. The molecule has 2 saturated heterocycles. The fourth-order valence-corrected chi connectivity index (χ4v) is 3.49. The monoisotopic (exact) mass is 444 g/mol. The second kappa shape index (κ2) is 9.68. The molecule has 2 aromatic carbocycles. The lowest BCUT2D eigenvalue weighted by Gasteiger charge is -2.45. The number of fused-ring (bicyclic) bond motifs is 1. The van der Waals surface area contributed by atoms with E-state index in [1.165, 1.54) is 24.3 Å². The Kier molecular flexibility index (Phi) is 6.73. The molecule has 0 amide bonds. The van der Waals surface area contributed by atoms with Crippen LogP contribution >= 0.6 is 0 Å². The summed E-state index contributed by atoms with van der Waals surface area (Å²) in [4.78, 5) is 12.5. The van der Waals surface area contributed by atoms with Gasteiger partial charge in [0.05, 0.1) is 12.2 Å². The summed E-state index contributed by atoms with van der Waals surface area (Å²) in [5.74, 6) is -0.0644. The highest BCUT2D eigenvalue weighted by Gasteiger charge is 2.50. The van der Waals surface area contributed by atoms with Crippen LogP contribution in [-0.4, -0.2) is 65.2 Å². The highest BCUT2D eigenvalue weighted by molar-refractivity contribution is 5.89. The molecule has 2 heterocycles. The van der Waals surface area contributed by atoms with Crippen LogP contribution in [0, 0.1) is 0 Å². The summed E-state index contributed by atoms with van der Waals surface area (Å²) in [7, 11) is 0. The third kappa shape index (κ3) is 4.77. The van der Waals surface area contributed by atoms with Gasteiger partial charge in [0, 0.05) is 5.56 Å². The first-order chi connectivity index (χ1) is 15.5. The molecule has 3 N–H and O–H groups in total. The van der Waals surface area contributed by atoms with Crippen LogP contribution in [0.2, 0.25) is 0 Å². The number of hydrogen-bond donors (Lipinski definition) is 3. The third-order valence-corrected chi connectivity index (χ3v) is 5.18. The molecule has 32 heavy (non-hydrogen) atoms. The van der Waals surface area contributed by atoms with E-state index in [1.807, 2.05) is 0 Å². The van der Waals surface area contributed by atoms with Crippen molar-refractivity contribution in [1.29, 1.82) is 0 Å². The molecule has 0 aliphatic carbocycles. The molecule has 0 unspecified atom stereocenters. The van der Waals surface area contributed by atoms with E-state index in [-0.39, 0.29) is 17.9 Å². The summed E-state index contributed by atoms with van der Waals surface area (Å²) >= 11 is 0. The van der Waals surface area contributed by atoms with Crippen molar-refractivity contribution >= 4 is 5.97 Å². The van der Waals surface area contributed by atoms with Crippen molar-refractivity contribution in [2.45, 2.75) is 37.0 Å². The molecule has 2 fully saturated rings. The van der Waals surface area contributed by atoms with E-state index in [0.717, 1.165) is 0 Å². The Balaban J connectivity index is 1.38. The lowest BCUT2D eigenvalue weighted by molar-refractivity contribution is -0.353. The van der Waals surface area contributed by atoms with E-state index in [4.69, 9.17) is 23.7 Å². The van der Waals surface area contributed by atoms with Crippen LogP contribution in [0.5, 0.6) is 11.5 Å². The SMILES string of the molecule is C=CCOc1ccc(C(=O)O[C@@H]2O[C@@H]3CO[C@@H](c4ccc(O)cc4)O[C@H]3[C@H](O)[C@H]2O)cc1. The minimum Gasteiger partial charge on any atom is -0.508 e. The van der Waals surface area contributed by atoms with Crippen LogP contribution in [0.25, 0.3) is 0 Å². The Labute approximate surface area is 184 Å². The number of aliphatic hydroxyl groups is 2. The molecule has 0 radical (unpaired) electrons. The fraction of sp³-hybridized carbons (Fsp3) is 0.348. The summed E-state index contributed by atoms with van der Waals surface area (Å²) in [5, 5.41) is 30.5. The van der Waals surface area contributed by atoms with E-state index >= 15 is 0 Å². The number of esters is 1. The Morgan fingerprint density at radius 1 is 1.06 bits per heavy atom. The number of hydrogen-bond acceptors (Lipinski definition) is 9. The van der Waals surface area contributed by atoms with Crippen LogP contribution < -0.4 is 4.74 Å². The van der Waals surface area contributed by atoms with Crippen molar-refractivity contribution in [3.05, 3.63) is 72.3 Å². The van der Waals surface area contributed by atoms with Gasteiger partial charge >= 0.3 is 5.97 Å². The largest absolute Gasteiger partial charge is 0.508 e. The number of aromatic hydroxyl groups is 1. The number of phenolic OH excluding ortho intramolecular Hbond substituents is 1. The normalized spacial score (nSPS) is 29.6. The average molecular weight is 444 g/mol. The maximum absolute atomic E-state index is 12.5. The van der Waals surface area contributed by atoms with Gasteiger partial charge in [-0.05, 0) is 36.4 Å². The summed E-state index contributed by atoms with van der Waals surface area (Å²) in [6, 6.07) is 12.5. The molecule has 170 valence electrons. The van der Waals surface area contributed by atoms with Crippen LogP contribution in [0.4, 0.5) is 0 Å². The van der Waals surface area contributed by atoms with Crippen molar-refractivity contribution in [3.8, 4) is 11.5 Å². The molecule has 2 aliphatic heterocycles. The number of carbonyl (C=O) groups excluding carboxylic acids is 1. The Bertz CT molecular complexity index is 925. The van der Waals surface area contributed by atoms with Gasteiger partial charge in [0.1, 0.15) is 42.5 Å². The van der Waals surface area contributed by atoms with Crippen LogP contribution in [0.1, 0.15) is 22.2 Å². The van der Waals surface area contributed by atoms with Gasteiger partial charge in [0.2, 0.25) is 6.29 Å². The molecule has 0 bridgehead atoms. The summed E-state index contributed by atoms with van der Waals surface area (Å²) in [6.07, 6.45) is -5.13. The zero-order valence-corrected chi connectivity index (χ0v) is 17.1. The second-order valence-corrected chi connectivity index (χ2v) is 7.41. The summed E-state index contributed by atoms with van der Waals surface area (Å²) in [6.45, 7) is 3.95. The Hall–Kier alpha value is -2.95. The van der Waals surface area contributed by atoms with E-state index < -0.39 is 43.0 Å². The first-order valence-corrected chi connectivity index (χ1v) is 10.1. The fourth-order valence-electron chi connectivity index (χ4n) is 3.49. The number of phenols is 1. The first kappa shape index (κ1) is 22.3. The van der Waals surface area contributed by atoms with Gasteiger partial charge in [-0.15, -0.1) is 0 Å². The number of rotatable bonds is 6. The zero-order chi connectivity index (χ0) is 22.7. The maximum Gasteiger partial charge on any atom is 0.340 e. The van der Waals surface area contributed by atoms with Gasteiger partial charge in [-0.2, -0.15) is 0 Å². The Morgan fingerprint density at radius 2 is 1.78 bits per heavy atom. The average Bonchev–Trinajstić information content (AvgIpc) is 2.81. The van der Waals surface area contributed by atoms with Crippen molar-refractivity contribution in [2.24, 2.45) is 0 Å². The quantitative estimate of drug-likeness (QED) is 0.451. The molecule has 0 aromatic heterocycles. The summed E-state index contributed by atoms with van der Waals surface area (Å²) in [5.41, 5.74) is 0.865. The van der Waals surface area contributed by atoms with Crippen LogP contribution in [-0.2, 0) is 18.9 Å². The zero-order valence-electron chi connectivity index (χ0n) is 17.1. The van der Waals surface area contributed by atoms with Crippen molar-refractivity contribution in [3.63, 3.8) is 0 Å². The molecule has 2 aliphatic rings. The lowest BCUT2D eigenvalue weighted by Crippen LogP contribution is -2.62. The molecule has 4 rings (SSSR count). The van der Waals surface area contributed by atoms with Gasteiger partial charge in [-0.25, -0.2) is 4.79 Å². The topological polar surface area (TPSA) is 124 Å². The predicted octanol–water partition coefficient (Wildman–Crippen LogP) is 1.67. The highest BCUT2D eigenvalue weighted by atomic mass is 16.8. The van der Waals surface area contributed by atoms with Gasteiger partial charge in [0.15, 0.2) is 6.29 Å².